The van der Waals surface area contributed by atoms with E-state index in [1.54, 1.807) is 12.1 Å². The van der Waals surface area contributed by atoms with Crippen LogP contribution in [0.3, 0.4) is 0 Å². The van der Waals surface area contributed by atoms with E-state index in [2.05, 4.69) is 18.3 Å². The number of rotatable bonds is 7. The molecule has 1 atom stereocenters. The van der Waals surface area contributed by atoms with Crippen molar-refractivity contribution in [1.29, 1.82) is 0 Å². The first kappa shape index (κ1) is 16.8. The van der Waals surface area contributed by atoms with Gasteiger partial charge in [0.15, 0.2) is 11.6 Å². The SMILES string of the molecule is COc1cc(C(C)NCCCc2ccccc2Cl)ccc1F. The first-order valence-corrected chi connectivity index (χ1v) is 7.80. The van der Waals surface area contributed by atoms with Crippen LogP contribution in [0.25, 0.3) is 0 Å². The second-order valence-electron chi connectivity index (χ2n) is 5.26. The highest BCUT2D eigenvalue weighted by atomic mass is 35.5. The maximum absolute atomic E-state index is 13.4. The summed E-state index contributed by atoms with van der Waals surface area (Å²) in [5.74, 6) is -0.0561. The predicted molar refractivity (Wildman–Crippen MR) is 89.1 cm³/mol. The first-order chi connectivity index (χ1) is 10.6. The molecule has 0 aliphatic carbocycles. The van der Waals surface area contributed by atoms with Gasteiger partial charge in [0.25, 0.3) is 0 Å². The summed E-state index contributed by atoms with van der Waals surface area (Å²) >= 11 is 6.14. The second-order valence-corrected chi connectivity index (χ2v) is 5.67. The lowest BCUT2D eigenvalue weighted by molar-refractivity contribution is 0.385. The van der Waals surface area contributed by atoms with Gasteiger partial charge in [0.2, 0.25) is 0 Å². The number of nitrogens with one attached hydrogen (secondary N) is 1. The van der Waals surface area contributed by atoms with Crippen LogP contribution < -0.4 is 10.1 Å². The van der Waals surface area contributed by atoms with Gasteiger partial charge in [-0.2, -0.15) is 0 Å². The highest BCUT2D eigenvalue weighted by Gasteiger charge is 2.09. The molecule has 2 aromatic carbocycles. The van der Waals surface area contributed by atoms with Crippen molar-refractivity contribution in [2.75, 3.05) is 13.7 Å². The summed E-state index contributed by atoms with van der Waals surface area (Å²) in [4.78, 5) is 0. The van der Waals surface area contributed by atoms with E-state index in [1.165, 1.54) is 18.7 Å². The van der Waals surface area contributed by atoms with Gasteiger partial charge >= 0.3 is 0 Å². The van der Waals surface area contributed by atoms with Crippen molar-refractivity contribution in [3.63, 3.8) is 0 Å². The molecule has 0 saturated heterocycles. The third-order valence-corrected chi connectivity index (χ3v) is 4.08. The zero-order chi connectivity index (χ0) is 15.9. The molecule has 0 saturated carbocycles. The Balaban J connectivity index is 1.83. The smallest absolute Gasteiger partial charge is 0.165 e. The van der Waals surface area contributed by atoms with E-state index in [4.69, 9.17) is 16.3 Å². The van der Waals surface area contributed by atoms with Crippen LogP contribution in [0.4, 0.5) is 4.39 Å². The summed E-state index contributed by atoms with van der Waals surface area (Å²) < 4.78 is 18.4. The Morgan fingerprint density at radius 1 is 1.23 bits per heavy atom. The minimum absolute atomic E-state index is 0.140. The topological polar surface area (TPSA) is 21.3 Å². The summed E-state index contributed by atoms with van der Waals surface area (Å²) in [7, 11) is 1.48. The molecule has 2 aromatic rings. The number of hydrogen-bond donors (Lipinski definition) is 1. The average Bonchev–Trinajstić information content (AvgIpc) is 2.53. The molecule has 2 rings (SSSR count). The van der Waals surface area contributed by atoms with Gasteiger partial charge in [0, 0.05) is 11.1 Å². The van der Waals surface area contributed by atoms with E-state index >= 15 is 0 Å². The van der Waals surface area contributed by atoms with Crippen LogP contribution in [0.5, 0.6) is 5.75 Å². The Morgan fingerprint density at radius 3 is 2.73 bits per heavy atom. The van der Waals surface area contributed by atoms with E-state index in [-0.39, 0.29) is 17.6 Å². The Morgan fingerprint density at radius 2 is 2.00 bits per heavy atom. The van der Waals surface area contributed by atoms with Crippen LogP contribution >= 0.6 is 11.6 Å². The minimum Gasteiger partial charge on any atom is -0.494 e. The van der Waals surface area contributed by atoms with Crippen LogP contribution in [0.1, 0.15) is 30.5 Å². The van der Waals surface area contributed by atoms with Crippen LogP contribution in [0.15, 0.2) is 42.5 Å². The Hall–Kier alpha value is -1.58. The molecule has 0 fully saturated rings. The highest BCUT2D eigenvalue weighted by molar-refractivity contribution is 6.31. The maximum atomic E-state index is 13.4. The van der Waals surface area contributed by atoms with E-state index in [0.717, 1.165) is 30.0 Å². The molecule has 0 bridgehead atoms. The van der Waals surface area contributed by atoms with Crippen molar-refractivity contribution in [3.05, 3.63) is 64.4 Å². The molecule has 0 aliphatic heterocycles. The van der Waals surface area contributed by atoms with Gasteiger partial charge in [0.05, 0.1) is 7.11 Å². The first-order valence-electron chi connectivity index (χ1n) is 7.42. The fraction of sp³-hybridized carbons (Fsp3) is 0.333. The van der Waals surface area contributed by atoms with Crippen molar-refractivity contribution < 1.29 is 9.13 Å². The summed E-state index contributed by atoms with van der Waals surface area (Å²) in [6.45, 7) is 2.92. The molecule has 1 unspecified atom stereocenters. The quantitative estimate of drug-likeness (QED) is 0.742. The van der Waals surface area contributed by atoms with Crippen molar-refractivity contribution in [2.24, 2.45) is 0 Å². The van der Waals surface area contributed by atoms with Crippen LogP contribution in [0, 0.1) is 5.82 Å². The van der Waals surface area contributed by atoms with Gasteiger partial charge in [-0.15, -0.1) is 0 Å². The third kappa shape index (κ3) is 4.46. The fourth-order valence-corrected chi connectivity index (χ4v) is 2.59. The van der Waals surface area contributed by atoms with Crippen molar-refractivity contribution in [2.45, 2.75) is 25.8 Å². The predicted octanol–water partition coefficient (Wildman–Crippen LogP) is 4.77. The Bertz CT molecular complexity index is 618. The molecule has 118 valence electrons. The molecule has 0 aromatic heterocycles. The third-order valence-electron chi connectivity index (χ3n) is 3.71. The zero-order valence-electron chi connectivity index (χ0n) is 12.9. The van der Waals surface area contributed by atoms with Crippen molar-refractivity contribution >= 4 is 11.6 Å². The van der Waals surface area contributed by atoms with E-state index < -0.39 is 0 Å². The number of benzene rings is 2. The normalized spacial score (nSPS) is 12.2. The molecule has 0 aliphatic rings. The summed E-state index contributed by atoms with van der Waals surface area (Å²) in [5, 5.41) is 4.26. The molecule has 0 radical (unpaired) electrons. The van der Waals surface area contributed by atoms with Crippen molar-refractivity contribution in [3.8, 4) is 5.75 Å². The van der Waals surface area contributed by atoms with Gasteiger partial charge in [-0.05, 0) is 55.6 Å². The molecular weight excluding hydrogens is 301 g/mol. The van der Waals surface area contributed by atoms with E-state index in [9.17, 15) is 4.39 Å². The van der Waals surface area contributed by atoms with E-state index in [0.29, 0.717) is 0 Å². The molecule has 0 spiro atoms. The Kier molecular flexibility index (Phi) is 6.22. The maximum Gasteiger partial charge on any atom is 0.165 e. The molecule has 1 N–H and O–H groups in total. The molecule has 22 heavy (non-hydrogen) atoms. The average molecular weight is 322 g/mol. The van der Waals surface area contributed by atoms with Crippen LogP contribution in [-0.4, -0.2) is 13.7 Å². The number of aryl methyl sites for hydroxylation is 1. The molecule has 4 heteroatoms. The lowest BCUT2D eigenvalue weighted by atomic mass is 10.1. The van der Waals surface area contributed by atoms with Crippen LogP contribution in [0.2, 0.25) is 5.02 Å². The summed E-state index contributed by atoms with van der Waals surface area (Å²) in [6.07, 6.45) is 1.93. The molecule has 0 heterocycles. The standard InChI is InChI=1S/C18H21ClFNO/c1-13(15-9-10-17(20)18(12-15)22-2)21-11-5-7-14-6-3-4-8-16(14)19/h3-4,6,8-10,12-13,21H,5,7,11H2,1-2H3. The largest absolute Gasteiger partial charge is 0.494 e. The molecular formula is C18H21ClFNO. The number of ether oxygens (including phenoxy) is 1. The Labute approximate surface area is 136 Å². The second kappa shape index (κ2) is 8.16. The molecule has 0 amide bonds. The number of methoxy groups -OCH3 is 1. The number of hydrogen-bond acceptors (Lipinski definition) is 2. The van der Waals surface area contributed by atoms with Crippen LogP contribution in [-0.2, 0) is 6.42 Å². The highest BCUT2D eigenvalue weighted by Crippen LogP contribution is 2.22. The summed E-state index contributed by atoms with van der Waals surface area (Å²) in [6, 6.07) is 13.0. The van der Waals surface area contributed by atoms with E-state index in [1.807, 2.05) is 18.2 Å². The van der Waals surface area contributed by atoms with Gasteiger partial charge < -0.3 is 10.1 Å². The van der Waals surface area contributed by atoms with Gasteiger partial charge in [-0.3, -0.25) is 0 Å². The van der Waals surface area contributed by atoms with Gasteiger partial charge in [-0.1, -0.05) is 35.9 Å². The lowest BCUT2D eigenvalue weighted by Gasteiger charge is -2.15. The van der Waals surface area contributed by atoms with Crippen molar-refractivity contribution in [1.82, 2.24) is 5.32 Å². The lowest BCUT2D eigenvalue weighted by Crippen LogP contribution is -2.20. The van der Waals surface area contributed by atoms with Gasteiger partial charge in [-0.25, -0.2) is 4.39 Å². The monoisotopic (exact) mass is 321 g/mol. The fourth-order valence-electron chi connectivity index (χ4n) is 2.36. The summed E-state index contributed by atoms with van der Waals surface area (Å²) in [5.41, 5.74) is 2.18. The minimum atomic E-state index is -0.336. The zero-order valence-corrected chi connectivity index (χ0v) is 13.7. The molecule has 2 nitrogen and oxygen atoms in total. The van der Waals surface area contributed by atoms with Gasteiger partial charge in [0.1, 0.15) is 0 Å². The number of halogens is 2.